The number of carbonyl (C=O) groups excluding carboxylic acids is 1. The molecule has 1 amide bonds. The van der Waals surface area contributed by atoms with Gasteiger partial charge in [-0.2, -0.15) is 0 Å². The number of methoxy groups -OCH3 is 1. The van der Waals surface area contributed by atoms with Crippen LogP contribution in [0.3, 0.4) is 0 Å². The molecule has 0 aliphatic heterocycles. The van der Waals surface area contributed by atoms with E-state index in [0.717, 1.165) is 0 Å². The van der Waals surface area contributed by atoms with Crippen molar-refractivity contribution in [2.45, 2.75) is 6.42 Å². The minimum Gasteiger partial charge on any atom is -0.495 e. The molecule has 2 rings (SSSR count). The smallest absolute Gasteiger partial charge is 0.226 e. The Morgan fingerprint density at radius 3 is 2.74 bits per heavy atom. The molecule has 0 aliphatic rings. The average Bonchev–Trinajstić information content (AvgIpc) is 2.50. The monoisotopic (exact) mass is 400 g/mol. The quantitative estimate of drug-likeness (QED) is 0.738. The van der Waals surface area contributed by atoms with Crippen LogP contribution in [0.4, 0.5) is 15.8 Å². The van der Waals surface area contributed by atoms with Crippen LogP contribution in [0.15, 0.2) is 40.9 Å². The fourth-order valence-corrected chi connectivity index (χ4v) is 2.44. The lowest BCUT2D eigenvalue weighted by Crippen LogP contribution is -2.17. The van der Waals surface area contributed by atoms with Gasteiger partial charge in [-0.3, -0.25) is 4.79 Å². The summed E-state index contributed by atoms with van der Waals surface area (Å²) in [5.74, 6) is -0.148. The normalized spacial score (nSPS) is 10.3. The van der Waals surface area contributed by atoms with Crippen LogP contribution in [0.1, 0.15) is 6.42 Å². The van der Waals surface area contributed by atoms with E-state index in [1.807, 2.05) is 0 Å². The molecule has 0 saturated carbocycles. The van der Waals surface area contributed by atoms with Crippen LogP contribution in [0.2, 0.25) is 5.02 Å². The van der Waals surface area contributed by atoms with Gasteiger partial charge in [-0.05, 0) is 36.4 Å². The molecule has 7 heteroatoms. The lowest BCUT2D eigenvalue weighted by atomic mass is 10.2. The van der Waals surface area contributed by atoms with Crippen molar-refractivity contribution in [3.8, 4) is 5.75 Å². The van der Waals surface area contributed by atoms with Crippen LogP contribution in [0, 0.1) is 5.82 Å². The standard InChI is InChI=1S/C16H15BrClFN2O2/c1-23-15-5-3-11(18)9-14(15)20-7-6-16(22)21-13-4-2-10(17)8-12(13)19/h2-5,8-9,20H,6-7H2,1H3,(H,21,22). The zero-order chi connectivity index (χ0) is 16.8. The topological polar surface area (TPSA) is 50.4 Å². The Balaban J connectivity index is 1.89. The highest BCUT2D eigenvalue weighted by molar-refractivity contribution is 9.10. The molecule has 0 unspecified atom stereocenters. The molecule has 0 saturated heterocycles. The third-order valence-electron chi connectivity index (χ3n) is 3.03. The molecule has 122 valence electrons. The highest BCUT2D eigenvalue weighted by atomic mass is 79.9. The van der Waals surface area contributed by atoms with Gasteiger partial charge in [0.2, 0.25) is 5.91 Å². The van der Waals surface area contributed by atoms with Crippen LogP contribution in [-0.4, -0.2) is 19.6 Å². The number of rotatable bonds is 6. The van der Waals surface area contributed by atoms with Crippen molar-refractivity contribution in [1.82, 2.24) is 0 Å². The van der Waals surface area contributed by atoms with Crippen molar-refractivity contribution in [2.24, 2.45) is 0 Å². The average molecular weight is 402 g/mol. The molecule has 2 aromatic carbocycles. The highest BCUT2D eigenvalue weighted by Crippen LogP contribution is 2.27. The molecule has 0 radical (unpaired) electrons. The van der Waals surface area contributed by atoms with Crippen molar-refractivity contribution in [3.63, 3.8) is 0 Å². The first kappa shape index (κ1) is 17.6. The third kappa shape index (κ3) is 5.11. The van der Waals surface area contributed by atoms with Gasteiger partial charge in [0.1, 0.15) is 11.6 Å². The van der Waals surface area contributed by atoms with Gasteiger partial charge in [-0.25, -0.2) is 4.39 Å². The molecular formula is C16H15BrClFN2O2. The van der Waals surface area contributed by atoms with Crippen molar-refractivity contribution in [2.75, 3.05) is 24.3 Å². The molecule has 4 nitrogen and oxygen atoms in total. The van der Waals surface area contributed by atoms with Crippen LogP contribution < -0.4 is 15.4 Å². The number of hydrogen-bond donors (Lipinski definition) is 2. The van der Waals surface area contributed by atoms with Gasteiger partial charge in [0.05, 0.1) is 18.5 Å². The first-order valence-electron chi connectivity index (χ1n) is 6.82. The molecule has 0 aliphatic carbocycles. The molecule has 0 spiro atoms. The van der Waals surface area contributed by atoms with E-state index in [4.69, 9.17) is 16.3 Å². The Morgan fingerprint density at radius 2 is 2.04 bits per heavy atom. The predicted octanol–water partition coefficient (Wildman–Crippen LogP) is 4.69. The fraction of sp³-hybridized carbons (Fsp3) is 0.188. The summed E-state index contributed by atoms with van der Waals surface area (Å²) in [6.07, 6.45) is 0.172. The van der Waals surface area contributed by atoms with Gasteiger partial charge < -0.3 is 15.4 Å². The number of amides is 1. The van der Waals surface area contributed by atoms with E-state index >= 15 is 0 Å². The van der Waals surface area contributed by atoms with E-state index in [-0.39, 0.29) is 18.0 Å². The lowest BCUT2D eigenvalue weighted by molar-refractivity contribution is -0.116. The first-order valence-corrected chi connectivity index (χ1v) is 7.99. The van der Waals surface area contributed by atoms with Crippen LogP contribution in [0.5, 0.6) is 5.75 Å². The number of benzene rings is 2. The van der Waals surface area contributed by atoms with Gasteiger partial charge in [-0.15, -0.1) is 0 Å². The molecule has 0 heterocycles. The van der Waals surface area contributed by atoms with E-state index in [2.05, 4.69) is 26.6 Å². The summed E-state index contributed by atoms with van der Waals surface area (Å²) < 4.78 is 19.5. The molecule has 2 aromatic rings. The molecule has 0 fully saturated rings. The number of halogens is 3. The summed E-state index contributed by atoms with van der Waals surface area (Å²) in [7, 11) is 1.55. The zero-order valence-electron chi connectivity index (χ0n) is 12.3. The second-order valence-electron chi connectivity index (χ2n) is 4.69. The Morgan fingerprint density at radius 1 is 1.26 bits per heavy atom. The maximum Gasteiger partial charge on any atom is 0.226 e. The van der Waals surface area contributed by atoms with Gasteiger partial charge in [0, 0.05) is 22.5 Å². The van der Waals surface area contributed by atoms with Crippen LogP contribution in [-0.2, 0) is 4.79 Å². The van der Waals surface area contributed by atoms with Gasteiger partial charge in [0.25, 0.3) is 0 Å². The summed E-state index contributed by atoms with van der Waals surface area (Å²) in [5.41, 5.74) is 0.848. The van der Waals surface area contributed by atoms with Crippen LogP contribution >= 0.6 is 27.5 Å². The number of nitrogens with one attached hydrogen (secondary N) is 2. The fourth-order valence-electron chi connectivity index (χ4n) is 1.93. The number of anilines is 2. The van der Waals surface area contributed by atoms with Crippen molar-refractivity contribution in [1.29, 1.82) is 0 Å². The Hall–Kier alpha value is -1.79. The van der Waals surface area contributed by atoms with E-state index < -0.39 is 5.82 Å². The summed E-state index contributed by atoms with van der Waals surface area (Å²) >= 11 is 9.10. The maximum absolute atomic E-state index is 13.6. The predicted molar refractivity (Wildman–Crippen MR) is 93.8 cm³/mol. The molecule has 2 N–H and O–H groups in total. The molecule has 0 atom stereocenters. The van der Waals surface area contributed by atoms with Gasteiger partial charge in [-0.1, -0.05) is 27.5 Å². The minimum absolute atomic E-state index is 0.151. The Bertz CT molecular complexity index is 712. The van der Waals surface area contributed by atoms with E-state index in [1.54, 1.807) is 31.4 Å². The highest BCUT2D eigenvalue weighted by Gasteiger charge is 2.08. The lowest BCUT2D eigenvalue weighted by Gasteiger charge is -2.12. The molecule has 0 bridgehead atoms. The summed E-state index contributed by atoms with van der Waals surface area (Å²) in [4.78, 5) is 11.9. The third-order valence-corrected chi connectivity index (χ3v) is 3.76. The van der Waals surface area contributed by atoms with E-state index in [1.165, 1.54) is 12.1 Å². The largest absolute Gasteiger partial charge is 0.495 e. The zero-order valence-corrected chi connectivity index (χ0v) is 14.7. The minimum atomic E-state index is -0.489. The number of ether oxygens (including phenoxy) is 1. The SMILES string of the molecule is COc1ccc(Cl)cc1NCCC(=O)Nc1ccc(Br)cc1F. The van der Waals surface area contributed by atoms with E-state index in [0.29, 0.717) is 27.5 Å². The van der Waals surface area contributed by atoms with Crippen molar-refractivity contribution < 1.29 is 13.9 Å². The molecule has 0 aromatic heterocycles. The van der Waals surface area contributed by atoms with Gasteiger partial charge >= 0.3 is 0 Å². The Labute approximate surface area is 147 Å². The first-order chi connectivity index (χ1) is 11.0. The maximum atomic E-state index is 13.6. The second kappa shape index (κ2) is 8.17. The summed E-state index contributed by atoms with van der Waals surface area (Å²) in [6, 6.07) is 9.63. The van der Waals surface area contributed by atoms with Gasteiger partial charge in [0.15, 0.2) is 0 Å². The summed E-state index contributed by atoms with van der Waals surface area (Å²) in [5, 5.41) is 6.17. The van der Waals surface area contributed by atoms with Crippen LogP contribution in [0.25, 0.3) is 0 Å². The number of carbonyl (C=O) groups is 1. The van der Waals surface area contributed by atoms with E-state index in [9.17, 15) is 9.18 Å². The number of hydrogen-bond acceptors (Lipinski definition) is 3. The Kier molecular flexibility index (Phi) is 6.24. The second-order valence-corrected chi connectivity index (χ2v) is 6.05. The summed E-state index contributed by atoms with van der Waals surface area (Å²) in [6.45, 7) is 0.362. The molecular weight excluding hydrogens is 387 g/mol. The molecule has 23 heavy (non-hydrogen) atoms. The van der Waals surface area contributed by atoms with Crippen molar-refractivity contribution in [3.05, 3.63) is 51.7 Å². The van der Waals surface area contributed by atoms with Crippen molar-refractivity contribution >= 4 is 44.8 Å².